The van der Waals surface area contributed by atoms with Gasteiger partial charge in [0.1, 0.15) is 0 Å². The minimum atomic E-state index is 0.0564. The van der Waals surface area contributed by atoms with Crippen LogP contribution in [0, 0.1) is 0 Å². The first-order chi connectivity index (χ1) is 10.0. The van der Waals surface area contributed by atoms with E-state index < -0.39 is 0 Å². The molecule has 1 aromatic rings. The molecule has 1 N–H and O–H groups in total. The maximum Gasteiger partial charge on any atom is 0.161 e. The van der Waals surface area contributed by atoms with Crippen LogP contribution in [0.25, 0.3) is 0 Å². The number of phenolic OH excluding ortho intramolecular Hbond substituents is 1. The third kappa shape index (κ3) is 2.44. The van der Waals surface area contributed by atoms with Crippen LogP contribution in [0.15, 0.2) is 30.4 Å². The zero-order chi connectivity index (χ0) is 15.0. The van der Waals surface area contributed by atoms with Crippen molar-refractivity contribution in [2.45, 2.75) is 50.7 Å². The summed E-state index contributed by atoms with van der Waals surface area (Å²) < 4.78 is 5.64. The third-order valence-corrected chi connectivity index (χ3v) is 4.89. The summed E-state index contributed by atoms with van der Waals surface area (Å²) in [5, 5.41) is 10.3. The predicted octanol–water partition coefficient (Wildman–Crippen LogP) is 3.47. The van der Waals surface area contributed by atoms with Crippen molar-refractivity contribution in [2.75, 3.05) is 13.6 Å². The molecule has 3 heteroatoms. The molecule has 21 heavy (non-hydrogen) atoms. The summed E-state index contributed by atoms with van der Waals surface area (Å²) in [6.07, 6.45) is 8.19. The van der Waals surface area contributed by atoms with E-state index in [0.717, 1.165) is 19.4 Å². The molecule has 0 spiro atoms. The second kappa shape index (κ2) is 5.38. The van der Waals surface area contributed by atoms with Crippen LogP contribution in [0.5, 0.6) is 11.5 Å². The quantitative estimate of drug-likeness (QED) is 0.864. The molecule has 1 saturated heterocycles. The van der Waals surface area contributed by atoms with Crippen LogP contribution in [0.3, 0.4) is 0 Å². The van der Waals surface area contributed by atoms with Crippen molar-refractivity contribution in [3.05, 3.63) is 35.9 Å². The number of allylic oxidation sites excluding steroid dienone is 1. The van der Waals surface area contributed by atoms with Crippen LogP contribution in [0.4, 0.5) is 0 Å². The minimum absolute atomic E-state index is 0.0564. The average molecular weight is 287 g/mol. The Kier molecular flexibility index (Phi) is 3.70. The number of hydrogen-bond acceptors (Lipinski definition) is 3. The Morgan fingerprint density at radius 2 is 2.19 bits per heavy atom. The van der Waals surface area contributed by atoms with E-state index in [2.05, 4.69) is 30.2 Å². The molecule has 2 aliphatic rings. The van der Waals surface area contributed by atoms with Gasteiger partial charge in [0.15, 0.2) is 11.5 Å². The zero-order valence-corrected chi connectivity index (χ0v) is 13.2. The summed E-state index contributed by atoms with van der Waals surface area (Å²) in [6.45, 7) is 5.05. The molecular weight excluding hydrogens is 262 g/mol. The van der Waals surface area contributed by atoms with E-state index in [9.17, 15) is 5.11 Å². The first kappa shape index (κ1) is 14.5. The molecule has 1 aliphatic carbocycles. The van der Waals surface area contributed by atoms with Crippen molar-refractivity contribution in [1.82, 2.24) is 4.90 Å². The molecular formula is C18H25NO2. The van der Waals surface area contributed by atoms with Crippen LogP contribution in [0.1, 0.15) is 38.7 Å². The van der Waals surface area contributed by atoms with Gasteiger partial charge >= 0.3 is 0 Å². The van der Waals surface area contributed by atoms with Crippen molar-refractivity contribution in [1.29, 1.82) is 0 Å². The molecule has 2 atom stereocenters. The smallest absolute Gasteiger partial charge is 0.161 e. The summed E-state index contributed by atoms with van der Waals surface area (Å²) in [6, 6.07) is 6.48. The van der Waals surface area contributed by atoms with E-state index in [4.69, 9.17) is 4.74 Å². The highest BCUT2D eigenvalue weighted by Crippen LogP contribution is 2.46. The lowest BCUT2D eigenvalue weighted by molar-refractivity contribution is 0.230. The van der Waals surface area contributed by atoms with E-state index in [0.29, 0.717) is 11.8 Å². The zero-order valence-electron chi connectivity index (χ0n) is 13.2. The molecule has 1 aromatic carbocycles. The van der Waals surface area contributed by atoms with Crippen molar-refractivity contribution in [3.63, 3.8) is 0 Å². The van der Waals surface area contributed by atoms with Gasteiger partial charge in [-0.05, 0) is 64.4 Å². The monoisotopic (exact) mass is 287 g/mol. The van der Waals surface area contributed by atoms with Crippen molar-refractivity contribution in [2.24, 2.45) is 0 Å². The van der Waals surface area contributed by atoms with E-state index >= 15 is 0 Å². The van der Waals surface area contributed by atoms with E-state index in [1.165, 1.54) is 12.0 Å². The molecule has 1 fully saturated rings. The van der Waals surface area contributed by atoms with Crippen LogP contribution in [-0.4, -0.2) is 35.7 Å². The van der Waals surface area contributed by atoms with Gasteiger partial charge in [0.05, 0.1) is 6.10 Å². The number of phenols is 1. The molecule has 3 rings (SSSR count). The van der Waals surface area contributed by atoms with Gasteiger partial charge in [-0.25, -0.2) is 0 Å². The number of nitrogens with zero attached hydrogens (tertiary/aromatic N) is 1. The molecule has 114 valence electrons. The highest BCUT2D eigenvalue weighted by Gasteiger charge is 2.46. The van der Waals surface area contributed by atoms with E-state index in [1.807, 2.05) is 26.0 Å². The van der Waals surface area contributed by atoms with Crippen LogP contribution >= 0.6 is 0 Å². The molecule has 1 unspecified atom stereocenters. The predicted molar refractivity (Wildman–Crippen MR) is 85.0 cm³/mol. The van der Waals surface area contributed by atoms with Gasteiger partial charge in [-0.1, -0.05) is 18.2 Å². The molecule has 3 nitrogen and oxygen atoms in total. The number of benzene rings is 1. The number of fused-ring (bicyclic) bond motifs is 1. The molecule has 0 bridgehead atoms. The number of hydrogen-bond donors (Lipinski definition) is 1. The SMILES string of the molecule is CC(C)Oc1ccc([C@@]23C=CCCC2N(C)CC3)cc1O. The van der Waals surface area contributed by atoms with E-state index in [1.54, 1.807) is 0 Å². The van der Waals surface area contributed by atoms with Gasteiger partial charge < -0.3 is 14.7 Å². The summed E-state index contributed by atoms with van der Waals surface area (Å²) in [7, 11) is 2.21. The van der Waals surface area contributed by atoms with Gasteiger partial charge in [0.2, 0.25) is 0 Å². The normalized spacial score (nSPS) is 28.9. The van der Waals surface area contributed by atoms with Crippen LogP contribution in [0.2, 0.25) is 0 Å². The number of ether oxygens (including phenoxy) is 1. The Morgan fingerprint density at radius 1 is 1.38 bits per heavy atom. The van der Waals surface area contributed by atoms with Crippen LogP contribution in [-0.2, 0) is 5.41 Å². The van der Waals surface area contributed by atoms with Gasteiger partial charge in [-0.15, -0.1) is 0 Å². The van der Waals surface area contributed by atoms with Crippen molar-refractivity contribution in [3.8, 4) is 11.5 Å². The Balaban J connectivity index is 1.97. The lowest BCUT2D eigenvalue weighted by Gasteiger charge is -2.38. The first-order valence-electron chi connectivity index (χ1n) is 7.91. The number of aromatic hydroxyl groups is 1. The van der Waals surface area contributed by atoms with Crippen molar-refractivity contribution < 1.29 is 9.84 Å². The molecule has 1 heterocycles. The highest BCUT2D eigenvalue weighted by molar-refractivity contribution is 5.47. The Morgan fingerprint density at radius 3 is 2.90 bits per heavy atom. The third-order valence-electron chi connectivity index (χ3n) is 4.89. The summed E-state index contributed by atoms with van der Waals surface area (Å²) in [5.74, 6) is 0.829. The largest absolute Gasteiger partial charge is 0.504 e. The van der Waals surface area contributed by atoms with Gasteiger partial charge in [-0.2, -0.15) is 0 Å². The summed E-state index contributed by atoms with van der Waals surface area (Å²) >= 11 is 0. The van der Waals surface area contributed by atoms with Crippen LogP contribution < -0.4 is 4.74 Å². The second-order valence-corrected chi connectivity index (χ2v) is 6.62. The number of rotatable bonds is 3. The molecule has 0 amide bonds. The molecule has 0 radical (unpaired) electrons. The highest BCUT2D eigenvalue weighted by atomic mass is 16.5. The maximum absolute atomic E-state index is 10.3. The lowest BCUT2D eigenvalue weighted by atomic mass is 9.70. The number of likely N-dealkylation sites (tertiary alicyclic amines) is 1. The van der Waals surface area contributed by atoms with Gasteiger partial charge in [-0.3, -0.25) is 0 Å². The number of likely N-dealkylation sites (N-methyl/N-ethyl adjacent to an activating group) is 1. The summed E-state index contributed by atoms with van der Waals surface area (Å²) in [5.41, 5.74) is 1.27. The van der Waals surface area contributed by atoms with Gasteiger partial charge in [0, 0.05) is 11.5 Å². The fourth-order valence-corrected chi connectivity index (χ4v) is 3.89. The molecule has 1 aliphatic heterocycles. The average Bonchev–Trinajstić information content (AvgIpc) is 2.80. The summed E-state index contributed by atoms with van der Waals surface area (Å²) in [4.78, 5) is 2.46. The fourth-order valence-electron chi connectivity index (χ4n) is 3.89. The Labute approximate surface area is 127 Å². The molecule has 0 aromatic heterocycles. The fraction of sp³-hybridized carbons (Fsp3) is 0.556. The van der Waals surface area contributed by atoms with Gasteiger partial charge in [0.25, 0.3) is 0 Å². The second-order valence-electron chi connectivity index (χ2n) is 6.62. The first-order valence-corrected chi connectivity index (χ1v) is 7.91. The Hall–Kier alpha value is -1.48. The minimum Gasteiger partial charge on any atom is -0.504 e. The van der Waals surface area contributed by atoms with Crippen molar-refractivity contribution >= 4 is 0 Å². The topological polar surface area (TPSA) is 32.7 Å². The standard InChI is InChI=1S/C18H25NO2/c1-13(2)21-16-8-7-14(12-15(16)20)18-9-5-4-6-17(18)19(3)11-10-18/h5,7-9,12-13,17,20H,4,6,10-11H2,1-3H3/t17?,18-/m0/s1. The lowest BCUT2D eigenvalue weighted by Crippen LogP contribution is -2.41. The molecule has 0 saturated carbocycles. The maximum atomic E-state index is 10.3. The Bertz CT molecular complexity index is 552. The van der Waals surface area contributed by atoms with E-state index in [-0.39, 0.29) is 17.3 Å².